The molecule has 0 bridgehead atoms. The number of nitrogens with zero attached hydrogens (tertiary/aromatic N) is 3. The van der Waals surface area contributed by atoms with Gasteiger partial charge in [0.2, 0.25) is 5.91 Å². The summed E-state index contributed by atoms with van der Waals surface area (Å²) in [6, 6.07) is 1.39. The number of rotatable bonds is 4. The van der Waals surface area contributed by atoms with Crippen LogP contribution in [0.3, 0.4) is 0 Å². The van der Waals surface area contributed by atoms with E-state index in [1.807, 2.05) is 19.2 Å². The maximum absolute atomic E-state index is 12.2. The molecule has 2 atom stereocenters. The molecule has 0 saturated carbocycles. The van der Waals surface area contributed by atoms with Gasteiger partial charge in [-0.05, 0) is 25.8 Å². The Labute approximate surface area is 118 Å². The van der Waals surface area contributed by atoms with Crippen molar-refractivity contribution in [3.63, 3.8) is 0 Å². The van der Waals surface area contributed by atoms with Crippen molar-refractivity contribution < 1.29 is 9.59 Å². The topological polar surface area (TPSA) is 93.2 Å². The van der Waals surface area contributed by atoms with Crippen LogP contribution in [0.4, 0.5) is 4.79 Å². The molecule has 2 rings (SSSR count). The van der Waals surface area contributed by atoms with Gasteiger partial charge >= 0.3 is 6.03 Å². The van der Waals surface area contributed by atoms with Gasteiger partial charge in [-0.15, -0.1) is 0 Å². The van der Waals surface area contributed by atoms with Crippen molar-refractivity contribution in [1.29, 1.82) is 0 Å². The van der Waals surface area contributed by atoms with E-state index in [9.17, 15) is 9.59 Å². The van der Waals surface area contributed by atoms with Gasteiger partial charge in [0, 0.05) is 31.5 Å². The Hall–Kier alpha value is -2.05. The summed E-state index contributed by atoms with van der Waals surface area (Å²) in [5.74, 6) is -0.188. The summed E-state index contributed by atoms with van der Waals surface area (Å²) in [6.07, 6.45) is 5.18. The molecule has 110 valence electrons. The molecule has 1 aromatic heterocycles. The number of amides is 3. The number of carbonyl (C=O) groups is 2. The van der Waals surface area contributed by atoms with Gasteiger partial charge in [-0.1, -0.05) is 0 Å². The van der Waals surface area contributed by atoms with Crippen LogP contribution in [0.1, 0.15) is 19.8 Å². The lowest BCUT2D eigenvalue weighted by Crippen LogP contribution is -2.49. The zero-order valence-electron chi connectivity index (χ0n) is 11.7. The molecule has 1 fully saturated rings. The number of urea groups is 1. The predicted octanol–water partition coefficient (Wildman–Crippen LogP) is 0.179. The van der Waals surface area contributed by atoms with Gasteiger partial charge in [-0.2, -0.15) is 5.10 Å². The fraction of sp³-hybridized carbons (Fsp3) is 0.615. The van der Waals surface area contributed by atoms with E-state index < -0.39 is 6.03 Å². The normalized spacial score (nSPS) is 20.4. The highest BCUT2D eigenvalue weighted by atomic mass is 16.2. The van der Waals surface area contributed by atoms with Crippen LogP contribution in [0.5, 0.6) is 0 Å². The lowest BCUT2D eigenvalue weighted by molar-refractivity contribution is -0.127. The first-order valence-electron chi connectivity index (χ1n) is 6.88. The summed E-state index contributed by atoms with van der Waals surface area (Å²) in [5.41, 5.74) is 5.26. The molecule has 1 aliphatic heterocycles. The number of primary amides is 1. The summed E-state index contributed by atoms with van der Waals surface area (Å²) < 4.78 is 1.78. The van der Waals surface area contributed by atoms with Crippen LogP contribution in [0.2, 0.25) is 0 Å². The molecular formula is C13H21N5O2. The van der Waals surface area contributed by atoms with Gasteiger partial charge in [0.15, 0.2) is 0 Å². The summed E-state index contributed by atoms with van der Waals surface area (Å²) in [4.78, 5) is 24.9. The first-order chi connectivity index (χ1) is 9.56. The first-order valence-corrected chi connectivity index (χ1v) is 6.88. The van der Waals surface area contributed by atoms with Crippen LogP contribution in [-0.2, 0) is 11.3 Å². The summed E-state index contributed by atoms with van der Waals surface area (Å²) in [6.45, 7) is 3.62. The standard InChI is InChI=1S/C13H21N5O2/c1-10(8-18-7-3-5-15-18)16-12(19)11-4-2-6-17(9-11)13(14)20/h3,5,7,10-11H,2,4,6,8-9H2,1H3,(H2,14,20)(H,16,19)/t10-,11-/m1/s1. The minimum absolute atomic E-state index is 0.00801. The quantitative estimate of drug-likeness (QED) is 0.823. The Kier molecular flexibility index (Phi) is 4.60. The van der Waals surface area contributed by atoms with Crippen LogP contribution >= 0.6 is 0 Å². The van der Waals surface area contributed by atoms with Crippen LogP contribution in [0, 0.1) is 5.92 Å². The van der Waals surface area contributed by atoms with E-state index >= 15 is 0 Å². The Morgan fingerprint density at radius 2 is 2.35 bits per heavy atom. The third-order valence-corrected chi connectivity index (χ3v) is 3.51. The average Bonchev–Trinajstić information content (AvgIpc) is 2.91. The van der Waals surface area contributed by atoms with Crippen molar-refractivity contribution in [3.8, 4) is 0 Å². The highest BCUT2D eigenvalue weighted by Gasteiger charge is 2.27. The SMILES string of the molecule is C[C@H](Cn1cccn1)NC(=O)[C@@H]1CCCN(C(N)=O)C1. The number of nitrogens with one attached hydrogen (secondary N) is 1. The molecule has 7 heteroatoms. The van der Waals surface area contributed by atoms with Gasteiger partial charge in [-0.3, -0.25) is 9.48 Å². The maximum Gasteiger partial charge on any atom is 0.314 e. The monoisotopic (exact) mass is 279 g/mol. The second kappa shape index (κ2) is 6.40. The lowest BCUT2D eigenvalue weighted by atomic mass is 9.97. The first kappa shape index (κ1) is 14.4. The Balaban J connectivity index is 1.83. The third-order valence-electron chi connectivity index (χ3n) is 3.51. The Bertz CT molecular complexity index is 459. The molecule has 1 aromatic rings. The average molecular weight is 279 g/mol. The molecule has 0 radical (unpaired) electrons. The van der Waals surface area contributed by atoms with Gasteiger partial charge < -0.3 is 16.0 Å². The number of nitrogens with two attached hydrogens (primary N) is 1. The summed E-state index contributed by atoms with van der Waals surface area (Å²) in [5, 5.41) is 7.08. The molecule has 0 spiro atoms. The molecule has 0 unspecified atom stereocenters. The maximum atomic E-state index is 12.2. The lowest BCUT2D eigenvalue weighted by Gasteiger charge is -2.31. The zero-order valence-corrected chi connectivity index (χ0v) is 11.7. The molecule has 1 aliphatic rings. The van der Waals surface area contributed by atoms with E-state index in [0.717, 1.165) is 12.8 Å². The largest absolute Gasteiger partial charge is 0.351 e. The highest BCUT2D eigenvalue weighted by Crippen LogP contribution is 2.16. The highest BCUT2D eigenvalue weighted by molar-refractivity contribution is 5.80. The molecule has 3 N–H and O–H groups in total. The zero-order chi connectivity index (χ0) is 14.5. The number of hydrogen-bond acceptors (Lipinski definition) is 3. The van der Waals surface area contributed by atoms with E-state index in [-0.39, 0.29) is 17.9 Å². The smallest absolute Gasteiger partial charge is 0.314 e. The van der Waals surface area contributed by atoms with E-state index in [2.05, 4.69) is 10.4 Å². The fourth-order valence-electron chi connectivity index (χ4n) is 2.49. The van der Waals surface area contributed by atoms with Gasteiger partial charge in [-0.25, -0.2) is 4.79 Å². The minimum atomic E-state index is -0.452. The van der Waals surface area contributed by atoms with Crippen molar-refractivity contribution in [2.45, 2.75) is 32.4 Å². The van der Waals surface area contributed by atoms with Crippen LogP contribution in [-0.4, -0.2) is 45.8 Å². The molecule has 1 saturated heterocycles. The Morgan fingerprint density at radius 3 is 3.00 bits per heavy atom. The molecule has 2 heterocycles. The van der Waals surface area contributed by atoms with Gasteiger partial charge in [0.25, 0.3) is 0 Å². The molecular weight excluding hydrogens is 258 g/mol. The second-order valence-corrected chi connectivity index (χ2v) is 5.26. The van der Waals surface area contributed by atoms with Crippen molar-refractivity contribution in [2.75, 3.05) is 13.1 Å². The number of aromatic nitrogens is 2. The Morgan fingerprint density at radius 1 is 1.55 bits per heavy atom. The van der Waals surface area contributed by atoms with Crippen LogP contribution in [0.15, 0.2) is 18.5 Å². The van der Waals surface area contributed by atoms with E-state index in [4.69, 9.17) is 5.73 Å². The minimum Gasteiger partial charge on any atom is -0.351 e. The van der Waals surface area contributed by atoms with Crippen molar-refractivity contribution in [1.82, 2.24) is 20.0 Å². The number of hydrogen-bond donors (Lipinski definition) is 2. The predicted molar refractivity (Wildman–Crippen MR) is 73.7 cm³/mol. The molecule has 7 nitrogen and oxygen atoms in total. The van der Waals surface area contributed by atoms with Crippen LogP contribution in [0.25, 0.3) is 0 Å². The van der Waals surface area contributed by atoms with E-state index in [0.29, 0.717) is 19.6 Å². The number of carbonyl (C=O) groups excluding carboxylic acids is 2. The van der Waals surface area contributed by atoms with Gasteiger partial charge in [0.05, 0.1) is 12.5 Å². The van der Waals surface area contributed by atoms with Crippen molar-refractivity contribution >= 4 is 11.9 Å². The van der Waals surface area contributed by atoms with E-state index in [1.54, 1.807) is 10.9 Å². The molecule has 0 aliphatic carbocycles. The van der Waals surface area contributed by atoms with E-state index in [1.165, 1.54) is 4.90 Å². The fourth-order valence-corrected chi connectivity index (χ4v) is 2.49. The molecule has 20 heavy (non-hydrogen) atoms. The second-order valence-electron chi connectivity index (χ2n) is 5.26. The number of piperidine rings is 1. The van der Waals surface area contributed by atoms with Crippen LogP contribution < -0.4 is 11.1 Å². The van der Waals surface area contributed by atoms with Gasteiger partial charge in [0.1, 0.15) is 0 Å². The summed E-state index contributed by atoms with van der Waals surface area (Å²) >= 11 is 0. The molecule has 3 amide bonds. The summed E-state index contributed by atoms with van der Waals surface area (Å²) in [7, 11) is 0. The van der Waals surface area contributed by atoms with Crippen molar-refractivity contribution in [3.05, 3.63) is 18.5 Å². The van der Waals surface area contributed by atoms with Crippen molar-refractivity contribution in [2.24, 2.45) is 11.7 Å². The molecule has 0 aromatic carbocycles. The number of likely N-dealkylation sites (tertiary alicyclic amines) is 1. The third kappa shape index (κ3) is 3.72.